The molecule has 0 amide bonds. The van der Waals surface area contributed by atoms with Crippen LogP contribution < -0.4 is 5.73 Å². The molecule has 3 aromatic rings. The summed E-state index contributed by atoms with van der Waals surface area (Å²) in [5.74, 6) is 0.907. The molecule has 2 N–H and O–H groups in total. The molecule has 0 atom stereocenters. The fourth-order valence-corrected chi connectivity index (χ4v) is 2.33. The number of rotatable bonds is 3. The molecule has 0 saturated carbocycles. The quantitative estimate of drug-likeness (QED) is 0.742. The minimum Gasteiger partial charge on any atom is -0.399 e. The smallest absolute Gasteiger partial charge is 0.140 e. The molecule has 20 heavy (non-hydrogen) atoms. The Kier molecular flexibility index (Phi) is 3.44. The maximum atomic E-state index is 6.21. The Hall–Kier alpha value is -2.26. The van der Waals surface area contributed by atoms with Crippen molar-refractivity contribution >= 4 is 17.3 Å². The molecule has 1 heterocycles. The summed E-state index contributed by atoms with van der Waals surface area (Å²) in [5, 5.41) is 0.768. The van der Waals surface area contributed by atoms with Gasteiger partial charge in [-0.15, -0.1) is 0 Å². The number of halogens is 1. The highest BCUT2D eigenvalue weighted by Crippen LogP contribution is 2.22. The van der Waals surface area contributed by atoms with Gasteiger partial charge in [0.05, 0.1) is 6.54 Å². The van der Waals surface area contributed by atoms with Gasteiger partial charge in [-0.25, -0.2) is 4.98 Å². The van der Waals surface area contributed by atoms with Gasteiger partial charge in [-0.2, -0.15) is 0 Å². The average Bonchev–Trinajstić information content (AvgIpc) is 2.90. The minimum absolute atomic E-state index is 0.694. The van der Waals surface area contributed by atoms with Gasteiger partial charge < -0.3 is 10.3 Å². The Morgan fingerprint density at radius 2 is 1.80 bits per heavy atom. The number of anilines is 1. The molecule has 0 spiro atoms. The van der Waals surface area contributed by atoms with Crippen molar-refractivity contribution in [3.05, 3.63) is 71.5 Å². The number of benzene rings is 2. The van der Waals surface area contributed by atoms with Crippen LogP contribution in [0.2, 0.25) is 5.02 Å². The number of hydrogen-bond acceptors (Lipinski definition) is 2. The Balaban J connectivity index is 1.95. The third-order valence-corrected chi connectivity index (χ3v) is 3.55. The molecule has 0 aliphatic rings. The Morgan fingerprint density at radius 1 is 1.05 bits per heavy atom. The van der Waals surface area contributed by atoms with Crippen LogP contribution in [0.3, 0.4) is 0 Å². The highest BCUT2D eigenvalue weighted by molar-refractivity contribution is 6.31. The molecule has 3 rings (SSSR count). The predicted molar refractivity (Wildman–Crippen MR) is 82.6 cm³/mol. The van der Waals surface area contributed by atoms with Crippen molar-refractivity contribution in [2.24, 2.45) is 0 Å². The van der Waals surface area contributed by atoms with Crippen LogP contribution in [0.5, 0.6) is 0 Å². The van der Waals surface area contributed by atoms with Crippen molar-refractivity contribution in [3.63, 3.8) is 0 Å². The summed E-state index contributed by atoms with van der Waals surface area (Å²) in [4.78, 5) is 4.42. The molecule has 0 unspecified atom stereocenters. The first-order valence-corrected chi connectivity index (χ1v) is 6.72. The summed E-state index contributed by atoms with van der Waals surface area (Å²) >= 11 is 6.21. The lowest BCUT2D eigenvalue weighted by atomic mass is 10.2. The van der Waals surface area contributed by atoms with E-state index in [1.165, 1.54) is 0 Å². The maximum Gasteiger partial charge on any atom is 0.140 e. The first-order valence-electron chi connectivity index (χ1n) is 6.34. The van der Waals surface area contributed by atoms with Crippen LogP contribution in [0.1, 0.15) is 5.56 Å². The fraction of sp³-hybridized carbons (Fsp3) is 0.0625. The second kappa shape index (κ2) is 5.39. The Morgan fingerprint density at radius 3 is 2.55 bits per heavy atom. The molecule has 1 aromatic heterocycles. The molecule has 0 saturated heterocycles. The number of imidazole rings is 1. The lowest BCUT2D eigenvalue weighted by molar-refractivity contribution is 0.807. The van der Waals surface area contributed by atoms with Crippen molar-refractivity contribution < 1.29 is 0 Å². The predicted octanol–water partition coefficient (Wildman–Crippen LogP) is 3.83. The largest absolute Gasteiger partial charge is 0.399 e. The van der Waals surface area contributed by atoms with E-state index in [9.17, 15) is 0 Å². The van der Waals surface area contributed by atoms with Crippen LogP contribution in [0.4, 0.5) is 5.69 Å². The molecule has 0 aliphatic carbocycles. The molecular weight excluding hydrogens is 270 g/mol. The molecule has 2 aromatic carbocycles. The van der Waals surface area contributed by atoms with Gasteiger partial charge in [-0.1, -0.05) is 29.8 Å². The number of aromatic nitrogens is 2. The molecule has 3 nitrogen and oxygen atoms in total. The van der Waals surface area contributed by atoms with E-state index >= 15 is 0 Å². The number of nitrogen functional groups attached to an aromatic ring is 1. The van der Waals surface area contributed by atoms with Gasteiger partial charge in [0.25, 0.3) is 0 Å². The standard InChI is InChI=1S/C16H14ClN3/c17-15-4-2-1-3-13(15)11-20-10-9-19-16(20)12-5-7-14(18)8-6-12/h1-10H,11,18H2. The molecule has 0 bridgehead atoms. The summed E-state index contributed by atoms with van der Waals surface area (Å²) in [6.07, 6.45) is 3.75. The van der Waals surface area contributed by atoms with Crippen LogP contribution in [-0.2, 0) is 6.54 Å². The van der Waals surface area contributed by atoms with Crippen LogP contribution in [0.25, 0.3) is 11.4 Å². The Bertz CT molecular complexity index is 717. The van der Waals surface area contributed by atoms with E-state index in [1.807, 2.05) is 54.7 Å². The lowest BCUT2D eigenvalue weighted by Crippen LogP contribution is -2.01. The molecule has 0 radical (unpaired) electrons. The topological polar surface area (TPSA) is 43.8 Å². The molecular formula is C16H14ClN3. The van der Waals surface area contributed by atoms with E-state index in [0.717, 1.165) is 27.7 Å². The number of nitrogens with zero attached hydrogens (tertiary/aromatic N) is 2. The van der Waals surface area contributed by atoms with Crippen molar-refractivity contribution in [2.45, 2.75) is 6.54 Å². The summed E-state index contributed by atoms with van der Waals surface area (Å²) < 4.78 is 2.08. The summed E-state index contributed by atoms with van der Waals surface area (Å²) in [6.45, 7) is 0.694. The van der Waals surface area contributed by atoms with Gasteiger partial charge in [-0.05, 0) is 35.9 Å². The fourth-order valence-electron chi connectivity index (χ4n) is 2.14. The van der Waals surface area contributed by atoms with Gasteiger partial charge in [-0.3, -0.25) is 0 Å². The van der Waals surface area contributed by atoms with Gasteiger partial charge in [0.15, 0.2) is 0 Å². The zero-order chi connectivity index (χ0) is 13.9. The normalized spacial score (nSPS) is 10.7. The zero-order valence-corrected chi connectivity index (χ0v) is 11.6. The number of nitrogens with two attached hydrogens (primary N) is 1. The second-order valence-electron chi connectivity index (χ2n) is 4.59. The molecule has 0 aliphatic heterocycles. The average molecular weight is 284 g/mol. The summed E-state index contributed by atoms with van der Waals surface area (Å²) in [5.41, 5.74) is 8.58. The van der Waals surface area contributed by atoms with Crippen molar-refractivity contribution in [2.75, 3.05) is 5.73 Å². The van der Waals surface area contributed by atoms with Gasteiger partial charge >= 0.3 is 0 Å². The van der Waals surface area contributed by atoms with E-state index in [1.54, 1.807) is 6.20 Å². The lowest BCUT2D eigenvalue weighted by Gasteiger charge is -2.09. The summed E-state index contributed by atoms with van der Waals surface area (Å²) in [6, 6.07) is 15.5. The third kappa shape index (κ3) is 2.53. The highest BCUT2D eigenvalue weighted by atomic mass is 35.5. The maximum absolute atomic E-state index is 6.21. The highest BCUT2D eigenvalue weighted by Gasteiger charge is 2.07. The van der Waals surface area contributed by atoms with Crippen LogP contribution in [-0.4, -0.2) is 9.55 Å². The SMILES string of the molecule is Nc1ccc(-c2nccn2Cc2ccccc2Cl)cc1. The third-order valence-electron chi connectivity index (χ3n) is 3.18. The molecule has 0 fully saturated rings. The van der Waals surface area contributed by atoms with Crippen LogP contribution >= 0.6 is 11.6 Å². The van der Waals surface area contributed by atoms with Crippen molar-refractivity contribution in [3.8, 4) is 11.4 Å². The second-order valence-corrected chi connectivity index (χ2v) is 5.00. The van der Waals surface area contributed by atoms with Crippen LogP contribution in [0.15, 0.2) is 60.9 Å². The van der Waals surface area contributed by atoms with E-state index in [0.29, 0.717) is 6.54 Å². The van der Waals surface area contributed by atoms with E-state index in [4.69, 9.17) is 17.3 Å². The zero-order valence-electron chi connectivity index (χ0n) is 10.8. The van der Waals surface area contributed by atoms with E-state index in [-0.39, 0.29) is 0 Å². The van der Waals surface area contributed by atoms with Crippen molar-refractivity contribution in [1.29, 1.82) is 0 Å². The van der Waals surface area contributed by atoms with Crippen LogP contribution in [0, 0.1) is 0 Å². The van der Waals surface area contributed by atoms with E-state index < -0.39 is 0 Å². The first kappa shape index (κ1) is 12.8. The number of hydrogen-bond donors (Lipinski definition) is 1. The van der Waals surface area contributed by atoms with Gasteiger partial charge in [0.2, 0.25) is 0 Å². The monoisotopic (exact) mass is 283 g/mol. The Labute approximate surface area is 122 Å². The molecule has 4 heteroatoms. The summed E-state index contributed by atoms with van der Waals surface area (Å²) in [7, 11) is 0. The minimum atomic E-state index is 0.694. The van der Waals surface area contributed by atoms with Gasteiger partial charge in [0.1, 0.15) is 5.82 Å². The van der Waals surface area contributed by atoms with Gasteiger partial charge in [0, 0.05) is 28.7 Å². The van der Waals surface area contributed by atoms with E-state index in [2.05, 4.69) is 9.55 Å². The first-order chi connectivity index (χ1) is 9.74. The van der Waals surface area contributed by atoms with Crippen molar-refractivity contribution in [1.82, 2.24) is 9.55 Å². The molecule has 100 valence electrons.